The van der Waals surface area contributed by atoms with Crippen LogP contribution in [0.3, 0.4) is 0 Å². The molecule has 3 aromatic heterocycles. The zero-order valence-corrected chi connectivity index (χ0v) is 24.3. The summed E-state index contributed by atoms with van der Waals surface area (Å²) in [6.45, 7) is 9.06. The molecule has 0 spiro atoms. The maximum atomic E-state index is 14.2. The quantitative estimate of drug-likeness (QED) is 0.357. The molecule has 1 aliphatic heterocycles. The van der Waals surface area contributed by atoms with Crippen molar-refractivity contribution >= 4 is 17.1 Å². The first-order valence-electron chi connectivity index (χ1n) is 14.5. The Morgan fingerprint density at radius 2 is 1.85 bits per heavy atom. The Labute approximate surface area is 239 Å². The second kappa shape index (κ2) is 12.0. The Morgan fingerprint density at radius 3 is 2.59 bits per heavy atom. The van der Waals surface area contributed by atoms with E-state index < -0.39 is 11.4 Å². The molecule has 2 aliphatic rings. The molecule has 0 radical (unpaired) electrons. The number of carbonyl (C=O) groups is 1. The monoisotopic (exact) mass is 566 g/mol. The third-order valence-electron chi connectivity index (χ3n) is 7.80. The average Bonchev–Trinajstić information content (AvgIpc) is 2.93. The molecule has 10 heteroatoms. The Bertz CT molecular complexity index is 1460. The number of carbonyl (C=O) groups excluding carboxylic acids is 1. The first-order valence-corrected chi connectivity index (χ1v) is 14.5. The van der Waals surface area contributed by atoms with Crippen molar-refractivity contribution in [1.29, 1.82) is 0 Å². The Morgan fingerprint density at radius 1 is 1.12 bits per heavy atom. The number of hydrogen-bond acceptors (Lipinski definition) is 7. The van der Waals surface area contributed by atoms with Crippen molar-refractivity contribution in [3.05, 3.63) is 58.0 Å². The van der Waals surface area contributed by atoms with E-state index in [-0.39, 0.29) is 17.7 Å². The van der Waals surface area contributed by atoms with Gasteiger partial charge < -0.3 is 18.8 Å². The highest BCUT2D eigenvalue weighted by Gasteiger charge is 2.32. The number of amides is 1. The van der Waals surface area contributed by atoms with Crippen molar-refractivity contribution in [3.63, 3.8) is 0 Å². The molecule has 1 aliphatic carbocycles. The van der Waals surface area contributed by atoms with Gasteiger partial charge in [0.2, 0.25) is 0 Å². The molecule has 4 heterocycles. The van der Waals surface area contributed by atoms with E-state index in [1.165, 1.54) is 12.1 Å². The SMILES string of the molecule is Cc1nc2ccc(=O)n(CCCC3CCC(N(Cc4cc5c(cn4)OCCO5)C(=O)OC(C)(C)C)CC3)c2cc1F. The molecule has 0 N–H and O–H groups in total. The van der Waals surface area contributed by atoms with Gasteiger partial charge >= 0.3 is 6.09 Å². The highest BCUT2D eigenvalue weighted by Crippen LogP contribution is 2.34. The molecule has 3 aromatic rings. The lowest BCUT2D eigenvalue weighted by Crippen LogP contribution is -2.44. The molecular formula is C31H39FN4O5. The molecule has 41 heavy (non-hydrogen) atoms. The smallest absolute Gasteiger partial charge is 0.410 e. The number of aryl methyl sites for hydroxylation is 2. The molecule has 0 bridgehead atoms. The molecule has 0 aromatic carbocycles. The van der Waals surface area contributed by atoms with Crippen LogP contribution >= 0.6 is 0 Å². The van der Waals surface area contributed by atoms with E-state index in [1.807, 2.05) is 26.8 Å². The van der Waals surface area contributed by atoms with Crippen LogP contribution in [0.2, 0.25) is 0 Å². The number of nitrogens with zero attached hydrogens (tertiary/aromatic N) is 4. The van der Waals surface area contributed by atoms with Crippen molar-refractivity contribution in [2.45, 2.75) is 91.0 Å². The van der Waals surface area contributed by atoms with Crippen molar-refractivity contribution in [3.8, 4) is 11.5 Å². The van der Waals surface area contributed by atoms with E-state index in [0.29, 0.717) is 60.4 Å². The van der Waals surface area contributed by atoms with Crippen molar-refractivity contribution in [2.75, 3.05) is 13.2 Å². The van der Waals surface area contributed by atoms with E-state index in [0.717, 1.165) is 44.2 Å². The zero-order valence-electron chi connectivity index (χ0n) is 24.3. The molecule has 5 rings (SSSR count). The lowest BCUT2D eigenvalue weighted by Gasteiger charge is -2.37. The van der Waals surface area contributed by atoms with Crippen LogP contribution in [0.1, 0.15) is 70.7 Å². The molecule has 1 amide bonds. The number of halogens is 1. The van der Waals surface area contributed by atoms with Gasteiger partial charge in [0.05, 0.1) is 35.2 Å². The van der Waals surface area contributed by atoms with E-state index in [9.17, 15) is 14.0 Å². The first kappa shape index (κ1) is 28.8. The van der Waals surface area contributed by atoms with Crippen LogP contribution in [0.15, 0.2) is 35.3 Å². The standard InChI is InChI=1S/C31H39FN4O5/c1-20-24(32)17-26-25(34-20)11-12-29(37)35(26)13-5-6-21-7-9-23(10-8-21)36(30(38)41-31(2,3)4)19-22-16-27-28(18-33-22)40-15-14-39-27/h11-12,16-18,21,23H,5-10,13-15,19H2,1-4H3. The van der Waals surface area contributed by atoms with Crippen LogP contribution in [0.4, 0.5) is 9.18 Å². The molecule has 220 valence electrons. The van der Waals surface area contributed by atoms with Crippen LogP contribution in [0.5, 0.6) is 11.5 Å². The minimum atomic E-state index is -0.608. The topological polar surface area (TPSA) is 95.8 Å². The van der Waals surface area contributed by atoms with Crippen LogP contribution in [0.25, 0.3) is 11.0 Å². The molecular weight excluding hydrogens is 527 g/mol. The zero-order chi connectivity index (χ0) is 29.1. The number of fused-ring (bicyclic) bond motifs is 2. The fourth-order valence-electron chi connectivity index (χ4n) is 5.72. The number of aromatic nitrogens is 3. The summed E-state index contributed by atoms with van der Waals surface area (Å²) < 4.78 is 32.9. The van der Waals surface area contributed by atoms with Gasteiger partial charge in [0.25, 0.3) is 5.56 Å². The third-order valence-corrected chi connectivity index (χ3v) is 7.80. The lowest BCUT2D eigenvalue weighted by molar-refractivity contribution is 0.00739. The third kappa shape index (κ3) is 6.97. The fraction of sp³-hybridized carbons (Fsp3) is 0.548. The molecule has 9 nitrogen and oxygen atoms in total. The number of ether oxygens (including phenoxy) is 3. The van der Waals surface area contributed by atoms with E-state index in [4.69, 9.17) is 14.2 Å². The van der Waals surface area contributed by atoms with Gasteiger partial charge in [-0.2, -0.15) is 0 Å². The summed E-state index contributed by atoms with van der Waals surface area (Å²) in [6, 6.07) is 6.44. The summed E-state index contributed by atoms with van der Waals surface area (Å²) >= 11 is 0. The van der Waals surface area contributed by atoms with Gasteiger partial charge in [-0.15, -0.1) is 0 Å². The predicted molar refractivity (Wildman–Crippen MR) is 153 cm³/mol. The Hall–Kier alpha value is -3.69. The summed E-state index contributed by atoms with van der Waals surface area (Å²) in [5.74, 6) is 1.35. The van der Waals surface area contributed by atoms with Gasteiger partial charge in [0.1, 0.15) is 24.6 Å². The van der Waals surface area contributed by atoms with Crippen LogP contribution in [0, 0.1) is 18.7 Å². The predicted octanol–water partition coefficient (Wildman–Crippen LogP) is 5.79. The van der Waals surface area contributed by atoms with E-state index in [1.54, 1.807) is 28.7 Å². The molecule has 0 atom stereocenters. The normalized spacial score (nSPS) is 18.8. The first-order chi connectivity index (χ1) is 19.6. The fourth-order valence-corrected chi connectivity index (χ4v) is 5.72. The van der Waals surface area contributed by atoms with E-state index >= 15 is 0 Å². The Kier molecular flexibility index (Phi) is 8.47. The second-order valence-corrected chi connectivity index (χ2v) is 12.0. The van der Waals surface area contributed by atoms with Crippen LogP contribution < -0.4 is 15.0 Å². The van der Waals surface area contributed by atoms with Crippen molar-refractivity contribution < 1.29 is 23.4 Å². The summed E-state index contributed by atoms with van der Waals surface area (Å²) in [7, 11) is 0. The summed E-state index contributed by atoms with van der Waals surface area (Å²) in [4.78, 5) is 36.5. The maximum absolute atomic E-state index is 14.2. The van der Waals surface area contributed by atoms with Gasteiger partial charge in [-0.1, -0.05) is 0 Å². The minimum absolute atomic E-state index is 0.0362. The van der Waals surface area contributed by atoms with Crippen molar-refractivity contribution in [1.82, 2.24) is 19.4 Å². The molecule has 0 saturated heterocycles. The van der Waals surface area contributed by atoms with Crippen LogP contribution in [-0.2, 0) is 17.8 Å². The van der Waals surface area contributed by atoms with Gasteiger partial charge in [-0.25, -0.2) is 14.2 Å². The number of pyridine rings is 3. The summed E-state index contributed by atoms with van der Waals surface area (Å²) in [5, 5.41) is 0. The summed E-state index contributed by atoms with van der Waals surface area (Å²) in [6.07, 6.45) is 6.73. The highest BCUT2D eigenvalue weighted by atomic mass is 19.1. The van der Waals surface area contributed by atoms with Crippen molar-refractivity contribution in [2.24, 2.45) is 5.92 Å². The van der Waals surface area contributed by atoms with Gasteiger partial charge in [0, 0.05) is 30.8 Å². The van der Waals surface area contributed by atoms with Gasteiger partial charge in [0.15, 0.2) is 11.5 Å². The maximum Gasteiger partial charge on any atom is 0.410 e. The van der Waals surface area contributed by atoms with E-state index in [2.05, 4.69) is 9.97 Å². The van der Waals surface area contributed by atoms with Crippen LogP contribution in [-0.4, -0.2) is 50.4 Å². The van der Waals surface area contributed by atoms with Gasteiger partial charge in [-0.3, -0.25) is 14.7 Å². The Balaban J connectivity index is 1.21. The summed E-state index contributed by atoms with van der Waals surface area (Å²) in [5.41, 5.74) is 1.45. The van der Waals surface area contributed by atoms with Gasteiger partial charge in [-0.05, 0) is 78.2 Å². The number of rotatable bonds is 7. The molecule has 0 unspecified atom stereocenters. The highest BCUT2D eigenvalue weighted by molar-refractivity contribution is 5.74. The largest absolute Gasteiger partial charge is 0.486 e. The minimum Gasteiger partial charge on any atom is -0.486 e. The second-order valence-electron chi connectivity index (χ2n) is 12.0. The molecule has 1 saturated carbocycles. The number of hydrogen-bond donors (Lipinski definition) is 0. The average molecular weight is 567 g/mol. The lowest BCUT2D eigenvalue weighted by atomic mass is 9.83. The molecule has 1 fully saturated rings.